The van der Waals surface area contributed by atoms with E-state index in [2.05, 4.69) is 0 Å². The highest BCUT2D eigenvalue weighted by molar-refractivity contribution is 5.65. The molecule has 0 aromatic heterocycles. The van der Waals surface area contributed by atoms with Gasteiger partial charge in [-0.1, -0.05) is 0 Å². The topological polar surface area (TPSA) is 115 Å². The maximum Gasteiger partial charge on any atom is 0.302 e. The molecule has 0 aromatic rings. The number of hydrogen-bond acceptors (Lipinski definition) is 8. The first-order chi connectivity index (χ1) is 13.4. The zero-order valence-corrected chi connectivity index (χ0v) is 16.5. The summed E-state index contributed by atoms with van der Waals surface area (Å²) in [5.41, 5.74) is -5.00. The number of aliphatic hydroxyl groups is 3. The van der Waals surface area contributed by atoms with Gasteiger partial charge < -0.3 is 34.3 Å². The van der Waals surface area contributed by atoms with Crippen LogP contribution in [0.5, 0.6) is 0 Å². The summed E-state index contributed by atoms with van der Waals surface area (Å²) >= 11 is 0. The molecule has 4 aliphatic rings. The van der Waals surface area contributed by atoms with Crippen molar-refractivity contribution in [2.75, 3.05) is 26.4 Å². The highest BCUT2D eigenvalue weighted by Crippen LogP contribution is 2.64. The molecular weight excluding hydrogens is 368 g/mol. The molecule has 1 saturated carbocycles. The minimum Gasteiger partial charge on any atom is -0.466 e. The summed E-state index contributed by atoms with van der Waals surface area (Å²) in [4.78, 5) is 11.1. The molecule has 3 spiro atoms. The van der Waals surface area contributed by atoms with Crippen molar-refractivity contribution in [3.8, 4) is 0 Å². The minimum atomic E-state index is -1.73. The van der Waals surface area contributed by atoms with E-state index in [-0.39, 0.29) is 13.0 Å². The Balaban J connectivity index is 1.75. The first-order valence-corrected chi connectivity index (χ1v) is 10.5. The molecular formula is C20H32O8. The highest BCUT2D eigenvalue weighted by atomic mass is 16.6. The second-order valence-corrected chi connectivity index (χ2v) is 8.66. The number of ether oxygens (including phenoxy) is 4. The second kappa shape index (κ2) is 7.18. The third-order valence-corrected chi connectivity index (χ3v) is 7.40. The molecule has 160 valence electrons. The standard InChI is InChI=1S/C20H32O8/c1-14(21)25-10-2-6-17(24)15(22)16(23)18(7-3-11-26-18)20(9-5-13-28-20)19(17)8-4-12-27-19/h15-16,22-24H,2-13H2,1H3/t15-,16+,17-,18-,19+,20+/m0/s1. The fourth-order valence-electron chi connectivity index (χ4n) is 6.40. The molecule has 8 heteroatoms. The average molecular weight is 400 g/mol. The van der Waals surface area contributed by atoms with Gasteiger partial charge in [0.15, 0.2) is 0 Å². The van der Waals surface area contributed by atoms with Crippen LogP contribution in [0.25, 0.3) is 0 Å². The van der Waals surface area contributed by atoms with Crippen molar-refractivity contribution < 1.29 is 39.1 Å². The molecule has 6 atom stereocenters. The first-order valence-electron chi connectivity index (χ1n) is 10.5. The molecule has 0 unspecified atom stereocenters. The smallest absolute Gasteiger partial charge is 0.302 e. The van der Waals surface area contributed by atoms with Crippen molar-refractivity contribution in [2.24, 2.45) is 0 Å². The van der Waals surface area contributed by atoms with Crippen molar-refractivity contribution in [1.82, 2.24) is 0 Å². The van der Waals surface area contributed by atoms with Crippen molar-refractivity contribution in [3.63, 3.8) is 0 Å². The maximum absolute atomic E-state index is 11.9. The lowest BCUT2D eigenvalue weighted by molar-refractivity contribution is -0.383. The van der Waals surface area contributed by atoms with Crippen LogP contribution < -0.4 is 0 Å². The van der Waals surface area contributed by atoms with E-state index in [1.54, 1.807) is 0 Å². The number of carbonyl (C=O) groups is 1. The van der Waals surface area contributed by atoms with E-state index < -0.39 is 40.6 Å². The molecule has 0 amide bonds. The number of rotatable bonds is 4. The van der Waals surface area contributed by atoms with Crippen LogP contribution in [0.1, 0.15) is 58.3 Å². The predicted molar refractivity (Wildman–Crippen MR) is 96.6 cm³/mol. The lowest BCUT2D eigenvalue weighted by atomic mass is 9.50. The first kappa shape index (κ1) is 20.5. The van der Waals surface area contributed by atoms with Crippen LogP contribution in [0, 0.1) is 0 Å². The van der Waals surface area contributed by atoms with E-state index in [1.165, 1.54) is 6.92 Å². The van der Waals surface area contributed by atoms with Crippen LogP contribution in [0.4, 0.5) is 0 Å². The van der Waals surface area contributed by atoms with Gasteiger partial charge in [-0.05, 0) is 51.4 Å². The Morgan fingerprint density at radius 3 is 2.11 bits per heavy atom. The lowest BCUT2D eigenvalue weighted by Crippen LogP contribution is -2.86. The van der Waals surface area contributed by atoms with Gasteiger partial charge in [0, 0.05) is 26.7 Å². The summed E-state index contributed by atoms with van der Waals surface area (Å²) in [7, 11) is 0. The van der Waals surface area contributed by atoms with E-state index in [1.807, 2.05) is 0 Å². The molecule has 3 aliphatic heterocycles. The van der Waals surface area contributed by atoms with Crippen LogP contribution in [0.3, 0.4) is 0 Å². The van der Waals surface area contributed by atoms with E-state index in [4.69, 9.17) is 18.9 Å². The lowest BCUT2D eigenvalue weighted by Gasteiger charge is -2.66. The van der Waals surface area contributed by atoms with Crippen LogP contribution in [-0.4, -0.2) is 82.3 Å². The molecule has 8 nitrogen and oxygen atoms in total. The van der Waals surface area contributed by atoms with Crippen LogP contribution in [-0.2, 0) is 23.7 Å². The van der Waals surface area contributed by atoms with Gasteiger partial charge in [0.25, 0.3) is 0 Å². The normalized spacial score (nSPS) is 48.1. The number of esters is 1. The second-order valence-electron chi connectivity index (χ2n) is 8.66. The molecule has 3 saturated heterocycles. The van der Waals surface area contributed by atoms with Crippen molar-refractivity contribution >= 4 is 5.97 Å². The third-order valence-electron chi connectivity index (χ3n) is 7.40. The van der Waals surface area contributed by atoms with E-state index in [9.17, 15) is 20.1 Å². The summed E-state index contributed by atoms with van der Waals surface area (Å²) in [6, 6.07) is 0. The Hall–Kier alpha value is -0.770. The van der Waals surface area contributed by atoms with Crippen molar-refractivity contribution in [2.45, 2.75) is 92.9 Å². The summed E-state index contributed by atoms with van der Waals surface area (Å²) in [6.45, 7) is 2.90. The van der Waals surface area contributed by atoms with Gasteiger partial charge in [0.1, 0.15) is 34.6 Å². The molecule has 1 aliphatic carbocycles. The average Bonchev–Trinajstić information content (AvgIpc) is 3.42. The molecule has 0 aromatic carbocycles. The Kier molecular flexibility index (Phi) is 5.26. The number of carbonyl (C=O) groups excluding carboxylic acids is 1. The van der Waals surface area contributed by atoms with Gasteiger partial charge in [-0.3, -0.25) is 4.79 Å². The fraction of sp³-hybridized carbons (Fsp3) is 0.950. The third kappa shape index (κ3) is 2.48. The van der Waals surface area contributed by atoms with Crippen molar-refractivity contribution in [3.05, 3.63) is 0 Å². The van der Waals surface area contributed by atoms with Gasteiger partial charge in [0.2, 0.25) is 0 Å². The number of fused-ring (bicyclic) bond motifs is 2. The predicted octanol–water partition coefficient (Wildman–Crippen LogP) is 0.444. The van der Waals surface area contributed by atoms with E-state index in [0.29, 0.717) is 45.5 Å². The summed E-state index contributed by atoms with van der Waals surface area (Å²) < 4.78 is 23.8. The Bertz CT molecular complexity index is 589. The minimum absolute atomic E-state index is 0.125. The number of aliphatic hydroxyl groups excluding tert-OH is 2. The Morgan fingerprint density at radius 1 is 0.964 bits per heavy atom. The summed E-state index contributed by atoms with van der Waals surface area (Å²) in [5.74, 6) is -0.392. The zero-order chi connectivity index (χ0) is 20.0. The molecule has 3 heterocycles. The molecule has 0 bridgehead atoms. The van der Waals surface area contributed by atoms with E-state index in [0.717, 1.165) is 19.3 Å². The fourth-order valence-corrected chi connectivity index (χ4v) is 6.40. The molecule has 4 rings (SSSR count). The quantitative estimate of drug-likeness (QED) is 0.460. The SMILES string of the molecule is CC(=O)OCCC[C@]1(O)[C@@H](O)[C@@H](O)[C@@]2(CCCO2)[C@]2(CCCO2)[C@@]12CCCO2. The highest BCUT2D eigenvalue weighted by Gasteiger charge is 2.82. The molecule has 0 radical (unpaired) electrons. The van der Waals surface area contributed by atoms with Crippen LogP contribution in [0.2, 0.25) is 0 Å². The summed E-state index contributed by atoms with van der Waals surface area (Å²) in [5, 5.41) is 34.3. The van der Waals surface area contributed by atoms with Gasteiger partial charge >= 0.3 is 5.97 Å². The Labute approximate surface area is 165 Å². The molecule has 28 heavy (non-hydrogen) atoms. The molecule has 3 N–H and O–H groups in total. The van der Waals surface area contributed by atoms with Crippen LogP contribution >= 0.6 is 0 Å². The largest absolute Gasteiger partial charge is 0.466 e. The zero-order valence-electron chi connectivity index (χ0n) is 16.5. The summed E-state index contributed by atoms with van der Waals surface area (Å²) in [6.07, 6.45) is 1.68. The van der Waals surface area contributed by atoms with Gasteiger partial charge in [-0.15, -0.1) is 0 Å². The number of hydrogen-bond donors (Lipinski definition) is 3. The van der Waals surface area contributed by atoms with Gasteiger partial charge in [-0.25, -0.2) is 0 Å². The van der Waals surface area contributed by atoms with E-state index >= 15 is 0 Å². The van der Waals surface area contributed by atoms with Crippen LogP contribution in [0.15, 0.2) is 0 Å². The Morgan fingerprint density at radius 2 is 1.57 bits per heavy atom. The molecule has 4 fully saturated rings. The maximum atomic E-state index is 11.9. The van der Waals surface area contributed by atoms with Crippen molar-refractivity contribution in [1.29, 1.82) is 0 Å². The monoisotopic (exact) mass is 400 g/mol. The van der Waals surface area contributed by atoms with Gasteiger partial charge in [-0.2, -0.15) is 0 Å². The van der Waals surface area contributed by atoms with Gasteiger partial charge in [0.05, 0.1) is 6.61 Å².